The molecule has 0 fully saturated rings. The lowest BCUT2D eigenvalue weighted by molar-refractivity contribution is -0.120. The molecule has 0 aliphatic heterocycles. The van der Waals surface area contributed by atoms with E-state index in [-0.39, 0.29) is 0 Å². The predicted molar refractivity (Wildman–Crippen MR) is 113 cm³/mol. The molecule has 3 N–H and O–H groups in total. The molecule has 1 heterocycles. The van der Waals surface area contributed by atoms with Crippen molar-refractivity contribution in [3.05, 3.63) is 81.6 Å². The van der Waals surface area contributed by atoms with Gasteiger partial charge in [0.2, 0.25) is 5.91 Å². The SMILES string of the molecule is CCc1c(C)nn(-c2cccc(C(=O)NC(C(N)=O)c3ccc(Cl)cc3)c2)c1C. The fraction of sp³-hybridized carbons (Fsp3) is 0.227. The standard InChI is InChI=1S/C22H23ClN4O2/c1-4-19-13(2)26-27(14(19)3)18-7-5-6-16(12-18)22(29)25-20(21(24)28)15-8-10-17(23)11-9-15/h5-12,20H,4H2,1-3H3,(H2,24,28)(H,25,29). The Balaban J connectivity index is 1.89. The van der Waals surface area contributed by atoms with Gasteiger partial charge in [-0.2, -0.15) is 5.10 Å². The quantitative estimate of drug-likeness (QED) is 0.649. The van der Waals surface area contributed by atoms with Crippen molar-refractivity contribution >= 4 is 23.4 Å². The van der Waals surface area contributed by atoms with Crippen molar-refractivity contribution < 1.29 is 9.59 Å². The van der Waals surface area contributed by atoms with Crippen LogP contribution in [0.4, 0.5) is 0 Å². The molecular weight excluding hydrogens is 388 g/mol. The van der Waals surface area contributed by atoms with Crippen LogP contribution < -0.4 is 11.1 Å². The van der Waals surface area contributed by atoms with Crippen molar-refractivity contribution in [1.29, 1.82) is 0 Å². The third-order valence-corrected chi connectivity index (χ3v) is 5.16. The number of rotatable bonds is 6. The number of hydrogen-bond acceptors (Lipinski definition) is 3. The minimum absolute atomic E-state index is 0.400. The molecule has 0 saturated heterocycles. The summed E-state index contributed by atoms with van der Waals surface area (Å²) in [7, 11) is 0. The summed E-state index contributed by atoms with van der Waals surface area (Å²) in [6.07, 6.45) is 0.888. The second-order valence-electron chi connectivity index (χ2n) is 6.83. The van der Waals surface area contributed by atoms with Gasteiger partial charge in [0.25, 0.3) is 5.91 Å². The summed E-state index contributed by atoms with van der Waals surface area (Å²) >= 11 is 5.90. The molecule has 0 aliphatic rings. The second kappa shape index (κ2) is 8.49. The number of nitrogens with zero attached hydrogens (tertiary/aromatic N) is 2. The van der Waals surface area contributed by atoms with E-state index in [1.807, 2.05) is 24.6 Å². The van der Waals surface area contributed by atoms with E-state index < -0.39 is 17.9 Å². The zero-order valence-corrected chi connectivity index (χ0v) is 17.3. The van der Waals surface area contributed by atoms with Crippen molar-refractivity contribution in [2.45, 2.75) is 33.2 Å². The minimum atomic E-state index is -0.955. The molecule has 1 atom stereocenters. The number of amides is 2. The summed E-state index contributed by atoms with van der Waals surface area (Å²) in [5.41, 5.74) is 10.5. The average Bonchev–Trinajstić information content (AvgIpc) is 3.00. The molecule has 0 saturated carbocycles. The normalized spacial score (nSPS) is 11.9. The Hall–Kier alpha value is -3.12. The monoisotopic (exact) mass is 410 g/mol. The number of benzene rings is 2. The lowest BCUT2D eigenvalue weighted by Crippen LogP contribution is -2.37. The van der Waals surface area contributed by atoms with Gasteiger partial charge < -0.3 is 11.1 Å². The Morgan fingerprint density at radius 3 is 2.45 bits per heavy atom. The van der Waals surface area contributed by atoms with E-state index in [2.05, 4.69) is 17.3 Å². The molecular formula is C22H23ClN4O2. The summed E-state index contributed by atoms with van der Waals surface area (Å²) in [6.45, 7) is 6.07. The highest BCUT2D eigenvalue weighted by atomic mass is 35.5. The maximum absolute atomic E-state index is 12.8. The Morgan fingerprint density at radius 2 is 1.86 bits per heavy atom. The lowest BCUT2D eigenvalue weighted by Gasteiger charge is -2.16. The molecule has 150 valence electrons. The molecule has 1 aromatic heterocycles. The van der Waals surface area contributed by atoms with Gasteiger partial charge in [-0.25, -0.2) is 4.68 Å². The van der Waals surface area contributed by atoms with Crippen LogP contribution in [0.1, 0.15) is 45.8 Å². The predicted octanol–water partition coefficient (Wildman–Crippen LogP) is 3.66. The fourth-order valence-electron chi connectivity index (χ4n) is 3.41. The van der Waals surface area contributed by atoms with E-state index in [9.17, 15) is 9.59 Å². The number of aromatic nitrogens is 2. The Morgan fingerprint density at radius 1 is 1.17 bits per heavy atom. The summed E-state index contributed by atoms with van der Waals surface area (Å²) in [4.78, 5) is 24.7. The highest BCUT2D eigenvalue weighted by molar-refractivity contribution is 6.30. The molecule has 0 spiro atoms. The molecule has 2 aromatic carbocycles. The number of hydrogen-bond donors (Lipinski definition) is 2. The average molecular weight is 411 g/mol. The number of carbonyl (C=O) groups excluding carboxylic acids is 2. The highest BCUT2D eigenvalue weighted by Crippen LogP contribution is 2.20. The van der Waals surface area contributed by atoms with E-state index >= 15 is 0 Å². The van der Waals surface area contributed by atoms with Crippen LogP contribution in [0.5, 0.6) is 0 Å². The zero-order valence-electron chi connectivity index (χ0n) is 16.6. The molecule has 7 heteroatoms. The molecule has 1 unspecified atom stereocenters. The Bertz CT molecular complexity index is 1060. The second-order valence-corrected chi connectivity index (χ2v) is 7.26. The fourth-order valence-corrected chi connectivity index (χ4v) is 3.53. The number of carbonyl (C=O) groups is 2. The van der Waals surface area contributed by atoms with Gasteiger partial charge in [0.15, 0.2) is 0 Å². The third kappa shape index (κ3) is 4.32. The number of nitrogens with one attached hydrogen (secondary N) is 1. The molecule has 3 rings (SSSR count). The highest BCUT2D eigenvalue weighted by Gasteiger charge is 2.21. The summed E-state index contributed by atoms with van der Waals surface area (Å²) < 4.78 is 1.83. The van der Waals surface area contributed by atoms with Crippen molar-refractivity contribution in [3.8, 4) is 5.69 Å². The van der Waals surface area contributed by atoms with Gasteiger partial charge in [-0.1, -0.05) is 36.7 Å². The summed E-state index contributed by atoms with van der Waals surface area (Å²) in [5, 5.41) is 7.83. The van der Waals surface area contributed by atoms with E-state index in [0.717, 1.165) is 23.5 Å². The summed E-state index contributed by atoms with van der Waals surface area (Å²) in [6, 6.07) is 12.8. The zero-order chi connectivity index (χ0) is 21.1. The maximum atomic E-state index is 12.8. The first-order chi connectivity index (χ1) is 13.8. The van der Waals surface area contributed by atoms with Gasteiger partial charge in [0.1, 0.15) is 6.04 Å². The summed E-state index contributed by atoms with van der Waals surface area (Å²) in [5.74, 6) is -1.05. The minimum Gasteiger partial charge on any atom is -0.368 e. The van der Waals surface area contributed by atoms with Gasteiger partial charge in [-0.15, -0.1) is 0 Å². The number of nitrogens with two attached hydrogens (primary N) is 1. The topological polar surface area (TPSA) is 90.0 Å². The molecule has 2 amide bonds. The Labute approximate surface area is 174 Å². The first-order valence-electron chi connectivity index (χ1n) is 9.33. The van der Waals surface area contributed by atoms with Crippen LogP contribution in [-0.2, 0) is 11.2 Å². The van der Waals surface area contributed by atoms with Crippen molar-refractivity contribution in [2.75, 3.05) is 0 Å². The van der Waals surface area contributed by atoms with E-state index in [1.54, 1.807) is 42.5 Å². The number of primary amides is 1. The largest absolute Gasteiger partial charge is 0.368 e. The lowest BCUT2D eigenvalue weighted by atomic mass is 10.1. The smallest absolute Gasteiger partial charge is 0.252 e. The van der Waals surface area contributed by atoms with E-state index in [4.69, 9.17) is 17.3 Å². The van der Waals surface area contributed by atoms with Crippen molar-refractivity contribution in [2.24, 2.45) is 5.73 Å². The van der Waals surface area contributed by atoms with Crippen LogP contribution >= 0.6 is 11.6 Å². The molecule has 29 heavy (non-hydrogen) atoms. The van der Waals surface area contributed by atoms with Gasteiger partial charge >= 0.3 is 0 Å². The third-order valence-electron chi connectivity index (χ3n) is 4.91. The van der Waals surface area contributed by atoms with Crippen LogP contribution in [0, 0.1) is 13.8 Å². The molecule has 3 aromatic rings. The number of aryl methyl sites for hydroxylation is 1. The number of halogens is 1. The molecule has 0 bridgehead atoms. The van der Waals surface area contributed by atoms with Crippen LogP contribution in [0.3, 0.4) is 0 Å². The van der Waals surface area contributed by atoms with Gasteiger partial charge in [0, 0.05) is 16.3 Å². The molecule has 6 nitrogen and oxygen atoms in total. The van der Waals surface area contributed by atoms with Crippen LogP contribution in [0.25, 0.3) is 5.69 Å². The maximum Gasteiger partial charge on any atom is 0.252 e. The van der Waals surface area contributed by atoms with Crippen molar-refractivity contribution in [3.63, 3.8) is 0 Å². The van der Waals surface area contributed by atoms with E-state index in [1.165, 1.54) is 5.56 Å². The molecule has 0 radical (unpaired) electrons. The molecule has 0 aliphatic carbocycles. The van der Waals surface area contributed by atoms with Crippen LogP contribution in [-0.4, -0.2) is 21.6 Å². The first kappa shape index (κ1) is 20.6. The first-order valence-corrected chi connectivity index (χ1v) is 9.70. The van der Waals surface area contributed by atoms with Gasteiger partial charge in [-0.3, -0.25) is 9.59 Å². The van der Waals surface area contributed by atoms with Crippen molar-refractivity contribution in [1.82, 2.24) is 15.1 Å². The van der Waals surface area contributed by atoms with Crippen LogP contribution in [0.2, 0.25) is 5.02 Å². The van der Waals surface area contributed by atoms with Gasteiger partial charge in [-0.05, 0) is 61.7 Å². The van der Waals surface area contributed by atoms with E-state index in [0.29, 0.717) is 16.1 Å². The van der Waals surface area contributed by atoms with Gasteiger partial charge in [0.05, 0.1) is 11.4 Å². The Kier molecular flexibility index (Phi) is 6.03. The van der Waals surface area contributed by atoms with Crippen LogP contribution in [0.15, 0.2) is 48.5 Å².